The van der Waals surface area contributed by atoms with Crippen molar-refractivity contribution < 1.29 is 5.11 Å². The zero-order valence-electron chi connectivity index (χ0n) is 10.0. The van der Waals surface area contributed by atoms with Crippen LogP contribution in [0, 0.1) is 0 Å². The van der Waals surface area contributed by atoms with Crippen LogP contribution in [0.1, 0.15) is 31.7 Å². The molecular formula is C12H20N2OS. The fourth-order valence-corrected chi connectivity index (χ4v) is 3.50. The van der Waals surface area contributed by atoms with Crippen LogP contribution in [0.3, 0.4) is 0 Å². The van der Waals surface area contributed by atoms with Crippen molar-refractivity contribution in [2.45, 2.75) is 43.5 Å². The SMILES string of the molecule is CC1SCCCC1(O)CCc1cnn(C)c1. The van der Waals surface area contributed by atoms with E-state index >= 15 is 0 Å². The standard InChI is InChI=1S/C12H20N2OS/c1-10-12(15,5-3-7-16-10)6-4-11-8-13-14(2)9-11/h8-10,15H,3-7H2,1-2H3. The molecule has 0 aliphatic carbocycles. The average molecular weight is 240 g/mol. The van der Waals surface area contributed by atoms with Gasteiger partial charge in [-0.3, -0.25) is 4.68 Å². The molecule has 2 rings (SSSR count). The molecule has 1 aromatic rings. The Morgan fingerprint density at radius 2 is 2.50 bits per heavy atom. The van der Waals surface area contributed by atoms with E-state index in [0.717, 1.165) is 25.7 Å². The molecular weight excluding hydrogens is 220 g/mol. The number of hydrogen-bond acceptors (Lipinski definition) is 3. The summed E-state index contributed by atoms with van der Waals surface area (Å²) in [5.41, 5.74) is 0.748. The zero-order valence-corrected chi connectivity index (χ0v) is 10.8. The van der Waals surface area contributed by atoms with Gasteiger partial charge in [0.1, 0.15) is 0 Å². The molecule has 2 heterocycles. The highest BCUT2D eigenvalue weighted by molar-refractivity contribution is 8.00. The number of nitrogens with zero attached hydrogens (tertiary/aromatic N) is 2. The average Bonchev–Trinajstić information content (AvgIpc) is 2.67. The Kier molecular flexibility index (Phi) is 3.60. The molecule has 0 amide bonds. The van der Waals surface area contributed by atoms with Crippen LogP contribution in [0.15, 0.2) is 12.4 Å². The van der Waals surface area contributed by atoms with E-state index in [9.17, 15) is 5.11 Å². The number of aliphatic hydroxyl groups is 1. The smallest absolute Gasteiger partial charge is 0.0766 e. The molecule has 16 heavy (non-hydrogen) atoms. The molecule has 1 aliphatic rings. The normalized spacial score (nSPS) is 30.6. The molecule has 0 spiro atoms. The zero-order chi connectivity index (χ0) is 11.6. The fraction of sp³-hybridized carbons (Fsp3) is 0.750. The van der Waals surface area contributed by atoms with Gasteiger partial charge < -0.3 is 5.11 Å². The summed E-state index contributed by atoms with van der Waals surface area (Å²) in [5, 5.41) is 15.1. The van der Waals surface area contributed by atoms with Gasteiger partial charge in [-0.2, -0.15) is 16.9 Å². The summed E-state index contributed by atoms with van der Waals surface area (Å²) in [4.78, 5) is 0. The van der Waals surface area contributed by atoms with Crippen LogP contribution in [0.25, 0.3) is 0 Å². The Labute approximate surface area is 101 Å². The van der Waals surface area contributed by atoms with Gasteiger partial charge in [0.2, 0.25) is 0 Å². The van der Waals surface area contributed by atoms with Gasteiger partial charge in [-0.25, -0.2) is 0 Å². The van der Waals surface area contributed by atoms with Gasteiger partial charge in [0, 0.05) is 18.5 Å². The van der Waals surface area contributed by atoms with Crippen LogP contribution in [0.5, 0.6) is 0 Å². The second-order valence-electron chi connectivity index (χ2n) is 4.74. The highest BCUT2D eigenvalue weighted by atomic mass is 32.2. The summed E-state index contributed by atoms with van der Waals surface area (Å²) >= 11 is 1.89. The largest absolute Gasteiger partial charge is 0.389 e. The third-order valence-corrected chi connectivity index (χ3v) is 4.95. The van der Waals surface area contributed by atoms with E-state index < -0.39 is 5.60 Å². The van der Waals surface area contributed by atoms with Crippen molar-refractivity contribution in [1.29, 1.82) is 0 Å². The first-order valence-corrected chi connectivity index (χ1v) is 6.96. The molecule has 0 saturated carbocycles. The molecule has 1 aromatic heterocycles. The maximum absolute atomic E-state index is 10.6. The lowest BCUT2D eigenvalue weighted by Crippen LogP contribution is -2.42. The molecule has 4 heteroatoms. The van der Waals surface area contributed by atoms with Crippen molar-refractivity contribution in [2.24, 2.45) is 7.05 Å². The molecule has 1 N–H and O–H groups in total. The van der Waals surface area contributed by atoms with Crippen molar-refractivity contribution in [3.05, 3.63) is 18.0 Å². The van der Waals surface area contributed by atoms with Crippen molar-refractivity contribution >= 4 is 11.8 Å². The third kappa shape index (κ3) is 2.61. The molecule has 90 valence electrons. The van der Waals surface area contributed by atoms with E-state index in [1.54, 1.807) is 0 Å². The second kappa shape index (κ2) is 4.80. The maximum Gasteiger partial charge on any atom is 0.0766 e. The molecule has 3 nitrogen and oxygen atoms in total. The predicted molar refractivity (Wildman–Crippen MR) is 67.6 cm³/mol. The Morgan fingerprint density at radius 1 is 1.69 bits per heavy atom. The van der Waals surface area contributed by atoms with Gasteiger partial charge in [-0.15, -0.1) is 0 Å². The summed E-state index contributed by atoms with van der Waals surface area (Å²) in [6.07, 6.45) is 7.79. The first-order chi connectivity index (χ1) is 7.60. The minimum Gasteiger partial charge on any atom is -0.389 e. The van der Waals surface area contributed by atoms with E-state index in [1.165, 1.54) is 11.3 Å². The summed E-state index contributed by atoms with van der Waals surface area (Å²) < 4.78 is 1.82. The Bertz CT molecular complexity index is 353. The maximum atomic E-state index is 10.6. The molecule has 2 unspecified atom stereocenters. The van der Waals surface area contributed by atoms with Crippen LogP contribution in [0.4, 0.5) is 0 Å². The summed E-state index contributed by atoms with van der Waals surface area (Å²) in [6, 6.07) is 0. The lowest BCUT2D eigenvalue weighted by Gasteiger charge is -2.37. The van der Waals surface area contributed by atoms with Gasteiger partial charge in [0.15, 0.2) is 0 Å². The van der Waals surface area contributed by atoms with E-state index in [1.807, 2.05) is 35.9 Å². The molecule has 1 fully saturated rings. The highest BCUT2D eigenvalue weighted by Crippen LogP contribution is 2.36. The van der Waals surface area contributed by atoms with Crippen molar-refractivity contribution in [3.8, 4) is 0 Å². The van der Waals surface area contributed by atoms with E-state index in [4.69, 9.17) is 0 Å². The van der Waals surface area contributed by atoms with Crippen LogP contribution < -0.4 is 0 Å². The topological polar surface area (TPSA) is 38.1 Å². The number of hydrogen-bond donors (Lipinski definition) is 1. The van der Waals surface area contributed by atoms with E-state index in [-0.39, 0.29) is 0 Å². The Morgan fingerprint density at radius 3 is 3.12 bits per heavy atom. The molecule has 2 atom stereocenters. The third-order valence-electron chi connectivity index (χ3n) is 3.48. The predicted octanol–water partition coefficient (Wildman–Crippen LogP) is 2.00. The minimum absolute atomic E-state index is 0.359. The van der Waals surface area contributed by atoms with Gasteiger partial charge in [-0.05, 0) is 37.0 Å². The highest BCUT2D eigenvalue weighted by Gasteiger charge is 2.35. The van der Waals surface area contributed by atoms with Crippen molar-refractivity contribution in [1.82, 2.24) is 9.78 Å². The number of aryl methyl sites for hydroxylation is 2. The number of thioether (sulfide) groups is 1. The summed E-state index contributed by atoms with van der Waals surface area (Å²) in [7, 11) is 1.93. The lowest BCUT2D eigenvalue weighted by atomic mass is 9.88. The monoisotopic (exact) mass is 240 g/mol. The number of rotatable bonds is 3. The molecule has 0 radical (unpaired) electrons. The second-order valence-corrected chi connectivity index (χ2v) is 6.19. The van der Waals surface area contributed by atoms with E-state index in [2.05, 4.69) is 12.0 Å². The molecule has 0 bridgehead atoms. The summed E-state index contributed by atoms with van der Waals surface area (Å²) in [5.74, 6) is 1.19. The van der Waals surface area contributed by atoms with Crippen molar-refractivity contribution in [3.63, 3.8) is 0 Å². The molecule has 0 aromatic carbocycles. The minimum atomic E-state index is -0.473. The summed E-state index contributed by atoms with van der Waals surface area (Å²) in [6.45, 7) is 2.15. The van der Waals surface area contributed by atoms with Crippen LogP contribution >= 0.6 is 11.8 Å². The van der Waals surface area contributed by atoms with Gasteiger partial charge in [0.25, 0.3) is 0 Å². The quantitative estimate of drug-likeness (QED) is 0.878. The van der Waals surface area contributed by atoms with Crippen molar-refractivity contribution in [2.75, 3.05) is 5.75 Å². The van der Waals surface area contributed by atoms with Gasteiger partial charge in [-0.1, -0.05) is 6.92 Å². The Balaban J connectivity index is 1.93. The van der Waals surface area contributed by atoms with Crippen LogP contribution in [-0.2, 0) is 13.5 Å². The molecule has 1 aliphatic heterocycles. The Hall–Kier alpha value is -0.480. The lowest BCUT2D eigenvalue weighted by molar-refractivity contribution is 0.0212. The van der Waals surface area contributed by atoms with Gasteiger partial charge >= 0.3 is 0 Å². The number of aromatic nitrogens is 2. The molecule has 1 saturated heterocycles. The first-order valence-electron chi connectivity index (χ1n) is 5.92. The van der Waals surface area contributed by atoms with Crippen LogP contribution in [-0.4, -0.2) is 31.5 Å². The van der Waals surface area contributed by atoms with Gasteiger partial charge in [0.05, 0.1) is 11.8 Å². The van der Waals surface area contributed by atoms with Crippen LogP contribution in [0.2, 0.25) is 0 Å². The fourth-order valence-electron chi connectivity index (χ4n) is 2.29. The first kappa shape index (κ1) is 12.0. The van der Waals surface area contributed by atoms with E-state index in [0.29, 0.717) is 5.25 Å².